The minimum atomic E-state index is -0.221. The lowest BCUT2D eigenvalue weighted by molar-refractivity contribution is 0.102. The Morgan fingerprint density at radius 2 is 2.11 bits per heavy atom. The van der Waals surface area contributed by atoms with Crippen molar-refractivity contribution in [2.45, 2.75) is 58.6 Å². The molecule has 27 heavy (non-hydrogen) atoms. The first-order valence-corrected chi connectivity index (χ1v) is 9.88. The summed E-state index contributed by atoms with van der Waals surface area (Å²) in [6.45, 7) is 7.19. The van der Waals surface area contributed by atoms with Crippen molar-refractivity contribution in [2.75, 3.05) is 16.8 Å². The molecule has 1 aromatic carbocycles. The number of hydrogen-bond donors (Lipinski definition) is 1. The lowest BCUT2D eigenvalue weighted by Gasteiger charge is -2.37. The number of aromatic nitrogens is 1. The summed E-state index contributed by atoms with van der Waals surface area (Å²) >= 11 is 0. The zero-order valence-corrected chi connectivity index (χ0v) is 16.4. The third kappa shape index (κ3) is 4.79. The molecule has 5 nitrogen and oxygen atoms in total. The maximum Gasteiger partial charge on any atom is 0.274 e. The van der Waals surface area contributed by atoms with Crippen LogP contribution in [0.3, 0.4) is 0 Å². The fourth-order valence-corrected chi connectivity index (χ4v) is 3.60. The summed E-state index contributed by atoms with van der Waals surface area (Å²) in [4.78, 5) is 19.5. The molecule has 0 saturated carbocycles. The molecule has 1 aliphatic rings. The molecule has 3 rings (SSSR count). The van der Waals surface area contributed by atoms with Gasteiger partial charge in [-0.2, -0.15) is 0 Å². The van der Waals surface area contributed by atoms with E-state index in [4.69, 9.17) is 4.74 Å². The van der Waals surface area contributed by atoms with Crippen LogP contribution in [0.1, 0.15) is 56.9 Å². The van der Waals surface area contributed by atoms with E-state index in [9.17, 15) is 4.79 Å². The second-order valence-electron chi connectivity index (χ2n) is 7.27. The number of carbonyl (C=O) groups is 1. The van der Waals surface area contributed by atoms with Crippen LogP contribution in [-0.4, -0.2) is 29.6 Å². The summed E-state index contributed by atoms with van der Waals surface area (Å²) in [6.07, 6.45) is 6.56. The minimum absolute atomic E-state index is 0.0367. The predicted octanol–water partition coefficient (Wildman–Crippen LogP) is 4.89. The molecular weight excluding hydrogens is 338 g/mol. The summed E-state index contributed by atoms with van der Waals surface area (Å²) < 4.78 is 5.79. The van der Waals surface area contributed by atoms with Gasteiger partial charge in [0, 0.05) is 24.5 Å². The number of pyridine rings is 1. The molecule has 1 amide bonds. The lowest BCUT2D eigenvalue weighted by Crippen LogP contribution is -2.39. The SMILES string of the molecule is CCC1CCCCN1c1ccnc(C(=O)Nc2ccccc2OC(C)C)c1. The molecule has 1 aliphatic heterocycles. The Kier molecular flexibility index (Phi) is 6.32. The number of rotatable bonds is 6. The van der Waals surface area contributed by atoms with Crippen molar-refractivity contribution in [1.29, 1.82) is 0 Å². The van der Waals surface area contributed by atoms with Crippen molar-refractivity contribution < 1.29 is 9.53 Å². The number of carbonyl (C=O) groups excluding carboxylic acids is 1. The van der Waals surface area contributed by atoms with E-state index in [1.54, 1.807) is 6.20 Å². The molecule has 1 saturated heterocycles. The van der Waals surface area contributed by atoms with Gasteiger partial charge < -0.3 is 15.0 Å². The van der Waals surface area contributed by atoms with Crippen molar-refractivity contribution >= 4 is 17.3 Å². The van der Waals surface area contributed by atoms with Crippen molar-refractivity contribution in [3.8, 4) is 5.75 Å². The van der Waals surface area contributed by atoms with E-state index in [0.29, 0.717) is 23.2 Å². The monoisotopic (exact) mass is 367 g/mol. The first kappa shape index (κ1) is 19.2. The predicted molar refractivity (Wildman–Crippen MR) is 110 cm³/mol. The van der Waals surface area contributed by atoms with Gasteiger partial charge in [-0.25, -0.2) is 0 Å². The van der Waals surface area contributed by atoms with Crippen LogP contribution in [0.25, 0.3) is 0 Å². The highest BCUT2D eigenvalue weighted by Crippen LogP contribution is 2.28. The first-order chi connectivity index (χ1) is 13.1. The summed E-state index contributed by atoms with van der Waals surface area (Å²) in [7, 11) is 0. The number of amides is 1. The van der Waals surface area contributed by atoms with Crippen LogP contribution in [0.15, 0.2) is 42.6 Å². The summed E-state index contributed by atoms with van der Waals surface area (Å²) in [6, 6.07) is 11.9. The van der Waals surface area contributed by atoms with Gasteiger partial charge in [0.2, 0.25) is 0 Å². The fourth-order valence-electron chi connectivity index (χ4n) is 3.60. The summed E-state index contributed by atoms with van der Waals surface area (Å²) in [5.74, 6) is 0.445. The number of nitrogens with zero attached hydrogens (tertiary/aromatic N) is 2. The minimum Gasteiger partial charge on any atom is -0.489 e. The molecule has 0 bridgehead atoms. The normalized spacial score (nSPS) is 17.0. The third-order valence-corrected chi connectivity index (χ3v) is 4.90. The Hall–Kier alpha value is -2.56. The molecule has 144 valence electrons. The fraction of sp³-hybridized carbons (Fsp3) is 0.455. The van der Waals surface area contributed by atoms with Gasteiger partial charge in [-0.05, 0) is 63.8 Å². The Balaban J connectivity index is 1.78. The number of hydrogen-bond acceptors (Lipinski definition) is 4. The molecule has 1 atom stereocenters. The zero-order valence-electron chi connectivity index (χ0n) is 16.4. The van der Waals surface area contributed by atoms with Crippen LogP contribution < -0.4 is 15.0 Å². The van der Waals surface area contributed by atoms with Gasteiger partial charge in [-0.15, -0.1) is 0 Å². The van der Waals surface area contributed by atoms with E-state index in [2.05, 4.69) is 22.1 Å². The molecule has 5 heteroatoms. The molecule has 0 radical (unpaired) electrons. The van der Waals surface area contributed by atoms with Gasteiger partial charge in [0.1, 0.15) is 11.4 Å². The van der Waals surface area contributed by atoms with Crippen LogP contribution >= 0.6 is 0 Å². The van der Waals surface area contributed by atoms with Crippen molar-refractivity contribution in [2.24, 2.45) is 0 Å². The maximum atomic E-state index is 12.8. The second-order valence-corrected chi connectivity index (χ2v) is 7.27. The third-order valence-electron chi connectivity index (χ3n) is 4.90. The Labute approximate surface area is 161 Å². The van der Waals surface area contributed by atoms with Gasteiger partial charge in [-0.3, -0.25) is 9.78 Å². The number of anilines is 2. The van der Waals surface area contributed by atoms with Gasteiger partial charge in [0.05, 0.1) is 11.8 Å². The number of nitrogens with one attached hydrogen (secondary N) is 1. The highest BCUT2D eigenvalue weighted by atomic mass is 16.5. The first-order valence-electron chi connectivity index (χ1n) is 9.88. The Morgan fingerprint density at radius 1 is 1.30 bits per heavy atom. The molecular formula is C22H29N3O2. The zero-order chi connectivity index (χ0) is 19.2. The van der Waals surface area contributed by atoms with E-state index in [0.717, 1.165) is 18.7 Å². The molecule has 0 spiro atoms. The molecule has 1 unspecified atom stereocenters. The topological polar surface area (TPSA) is 54.5 Å². The lowest BCUT2D eigenvalue weighted by atomic mass is 9.99. The molecule has 1 fully saturated rings. The molecule has 0 aliphatic carbocycles. The van der Waals surface area contributed by atoms with E-state index >= 15 is 0 Å². The summed E-state index contributed by atoms with van der Waals surface area (Å²) in [5, 5.41) is 2.94. The second kappa shape index (κ2) is 8.89. The quantitative estimate of drug-likeness (QED) is 0.790. The van der Waals surface area contributed by atoms with E-state index < -0.39 is 0 Å². The van der Waals surface area contributed by atoms with Gasteiger partial charge in [0.15, 0.2) is 0 Å². The molecule has 1 N–H and O–H groups in total. The van der Waals surface area contributed by atoms with Gasteiger partial charge in [-0.1, -0.05) is 19.1 Å². The van der Waals surface area contributed by atoms with Crippen LogP contribution in [-0.2, 0) is 0 Å². The van der Waals surface area contributed by atoms with Crippen molar-refractivity contribution in [3.05, 3.63) is 48.3 Å². The van der Waals surface area contributed by atoms with E-state index in [1.165, 1.54) is 19.3 Å². The highest BCUT2D eigenvalue weighted by Gasteiger charge is 2.22. The largest absolute Gasteiger partial charge is 0.489 e. The maximum absolute atomic E-state index is 12.8. The number of piperidine rings is 1. The van der Waals surface area contributed by atoms with Crippen LogP contribution in [0.2, 0.25) is 0 Å². The smallest absolute Gasteiger partial charge is 0.274 e. The van der Waals surface area contributed by atoms with Crippen LogP contribution in [0.4, 0.5) is 11.4 Å². The van der Waals surface area contributed by atoms with E-state index in [-0.39, 0.29) is 12.0 Å². The number of ether oxygens (including phenoxy) is 1. The van der Waals surface area contributed by atoms with Gasteiger partial charge in [0.25, 0.3) is 5.91 Å². The molecule has 1 aromatic heterocycles. The van der Waals surface area contributed by atoms with Crippen molar-refractivity contribution in [3.63, 3.8) is 0 Å². The van der Waals surface area contributed by atoms with Gasteiger partial charge >= 0.3 is 0 Å². The Morgan fingerprint density at radius 3 is 2.89 bits per heavy atom. The van der Waals surface area contributed by atoms with Crippen LogP contribution in [0, 0.1) is 0 Å². The average Bonchev–Trinajstić information content (AvgIpc) is 2.69. The van der Waals surface area contributed by atoms with Crippen molar-refractivity contribution in [1.82, 2.24) is 4.98 Å². The van der Waals surface area contributed by atoms with E-state index in [1.807, 2.05) is 50.2 Å². The number of para-hydroxylation sites is 2. The molecule has 2 aromatic rings. The van der Waals surface area contributed by atoms with Crippen LogP contribution in [0.5, 0.6) is 5.75 Å². The molecule has 2 heterocycles. The highest BCUT2D eigenvalue weighted by molar-refractivity contribution is 6.04. The number of benzene rings is 1. The standard InChI is InChI=1S/C22H29N3O2/c1-4-17-9-7-8-14-25(17)18-12-13-23-20(15-18)22(26)24-19-10-5-6-11-21(19)27-16(2)3/h5-6,10-13,15-17H,4,7-9,14H2,1-3H3,(H,24,26). The summed E-state index contributed by atoms with van der Waals surface area (Å²) in [5.41, 5.74) is 2.16. The average molecular weight is 367 g/mol. The Bertz CT molecular complexity index is 776.